The van der Waals surface area contributed by atoms with Crippen molar-refractivity contribution in [2.45, 2.75) is 72.6 Å². The minimum atomic E-state index is -2.30. The van der Waals surface area contributed by atoms with Gasteiger partial charge in [-0.1, -0.05) is 0 Å². The summed E-state index contributed by atoms with van der Waals surface area (Å²) in [5, 5.41) is 2.46. The van der Waals surface area contributed by atoms with E-state index in [2.05, 4.69) is 68.0 Å². The maximum absolute atomic E-state index is 4.21. The van der Waals surface area contributed by atoms with Crippen LogP contribution in [0.3, 0.4) is 0 Å². The molecule has 1 rings (SSSR count). The molecule has 130 valence electrons. The number of nitrogens with zero attached hydrogens (tertiary/aromatic N) is 1. The van der Waals surface area contributed by atoms with Crippen molar-refractivity contribution in [2.75, 3.05) is 7.05 Å². The number of benzene rings is 1. The Morgan fingerprint density at radius 1 is 0.913 bits per heavy atom. The summed E-state index contributed by atoms with van der Waals surface area (Å²) in [6.45, 7) is 11.2. The Kier molecular flexibility index (Phi) is 10.0. The average molecular weight is 422 g/mol. The fraction of sp³-hybridized carbons (Fsp3) is 0.619. The Labute approximate surface area is 148 Å². The zero-order valence-electron chi connectivity index (χ0n) is 15.9. The fourth-order valence-corrected chi connectivity index (χ4v) is 18.4. The van der Waals surface area contributed by atoms with Gasteiger partial charge in [0.15, 0.2) is 0 Å². The van der Waals surface area contributed by atoms with Gasteiger partial charge in [-0.05, 0) is 0 Å². The van der Waals surface area contributed by atoms with Crippen molar-refractivity contribution < 1.29 is 0 Å². The zero-order valence-corrected chi connectivity index (χ0v) is 18.8. The van der Waals surface area contributed by atoms with Crippen molar-refractivity contribution in [2.24, 2.45) is 0 Å². The molecule has 1 nitrogen and oxygen atoms in total. The van der Waals surface area contributed by atoms with Crippen LogP contribution in [0.25, 0.3) is 12.8 Å². The molecular formula is C21H37NSn. The standard InChI is InChI=1S/C9H10N.3C4H9.Sn/c1-8-5-3-4-6-9(8)7-10-2;3*1-3-4-2;/h3-7H,1H2,2H3;3*1,3-4H2,2H3;/q-1;;;;+1/b9-7-;;;;. The Balaban J connectivity index is 3.14. The van der Waals surface area contributed by atoms with Crippen molar-refractivity contribution in [3.63, 3.8) is 0 Å². The van der Waals surface area contributed by atoms with Gasteiger partial charge in [0.05, 0.1) is 0 Å². The molecule has 0 aliphatic carbocycles. The molecule has 0 atom stereocenters. The molecule has 0 spiro atoms. The van der Waals surface area contributed by atoms with Crippen molar-refractivity contribution in [3.8, 4) is 0 Å². The van der Waals surface area contributed by atoms with Gasteiger partial charge in [0, 0.05) is 0 Å². The minimum absolute atomic E-state index is 1.15. The average Bonchev–Trinajstić information content (AvgIpc) is 2.56. The number of unbranched alkanes of at least 4 members (excludes halogenated alkanes) is 3. The second-order valence-electron chi connectivity index (χ2n) is 6.97. The Bertz CT molecular complexity index is 515. The van der Waals surface area contributed by atoms with Gasteiger partial charge in [-0.3, -0.25) is 0 Å². The summed E-state index contributed by atoms with van der Waals surface area (Å²) >= 11 is -2.30. The van der Waals surface area contributed by atoms with Gasteiger partial charge in [-0.25, -0.2) is 0 Å². The summed E-state index contributed by atoms with van der Waals surface area (Å²) < 4.78 is 7.27. The molecule has 0 amide bonds. The van der Waals surface area contributed by atoms with Crippen LogP contribution in [0.4, 0.5) is 0 Å². The van der Waals surface area contributed by atoms with Gasteiger partial charge < -0.3 is 0 Å². The summed E-state index contributed by atoms with van der Waals surface area (Å²) in [7, 11) is 2.38. The van der Waals surface area contributed by atoms with Gasteiger partial charge in [-0.2, -0.15) is 0 Å². The molecule has 0 saturated carbocycles. The van der Waals surface area contributed by atoms with Gasteiger partial charge in [0.1, 0.15) is 0 Å². The van der Waals surface area contributed by atoms with E-state index < -0.39 is 18.7 Å². The summed E-state index contributed by atoms with van der Waals surface area (Å²) in [5.74, 6) is 0. The quantitative estimate of drug-likeness (QED) is 0.448. The third-order valence-electron chi connectivity index (χ3n) is 5.12. The second-order valence-corrected chi connectivity index (χ2v) is 20.3. The Morgan fingerprint density at radius 2 is 1.39 bits per heavy atom. The van der Waals surface area contributed by atoms with E-state index in [0.717, 1.165) is 5.22 Å². The molecule has 0 N–H and O–H groups in total. The van der Waals surface area contributed by atoms with Crippen LogP contribution >= 0.6 is 0 Å². The van der Waals surface area contributed by atoms with E-state index in [0.29, 0.717) is 0 Å². The first-order valence-corrected chi connectivity index (χ1v) is 16.9. The molecule has 1 aromatic rings. The van der Waals surface area contributed by atoms with Crippen molar-refractivity contribution in [1.29, 1.82) is 0 Å². The Hall–Kier alpha value is -0.441. The molecular weight excluding hydrogens is 385 g/mol. The van der Waals surface area contributed by atoms with Crippen LogP contribution < -0.4 is 10.4 Å². The summed E-state index contributed by atoms with van der Waals surface area (Å²) in [6, 6.07) is 8.56. The van der Waals surface area contributed by atoms with Gasteiger partial charge in [0.2, 0.25) is 0 Å². The first-order chi connectivity index (χ1) is 11.1. The van der Waals surface area contributed by atoms with E-state index in [1.807, 2.05) is 0 Å². The predicted molar refractivity (Wildman–Crippen MR) is 108 cm³/mol. The summed E-state index contributed by atoms with van der Waals surface area (Å²) in [6.07, 6.45) is 10.7. The van der Waals surface area contributed by atoms with Crippen LogP contribution in [0.15, 0.2) is 24.3 Å². The molecule has 1 aromatic carbocycles. The van der Waals surface area contributed by atoms with Crippen LogP contribution in [0, 0.1) is 0 Å². The van der Waals surface area contributed by atoms with Gasteiger partial charge in [0.25, 0.3) is 0 Å². The van der Waals surface area contributed by atoms with Crippen LogP contribution in [0.5, 0.6) is 0 Å². The first kappa shape index (κ1) is 20.6. The maximum atomic E-state index is 4.21. The number of hydrogen-bond donors (Lipinski definition) is 0. The van der Waals surface area contributed by atoms with Crippen molar-refractivity contribution in [1.82, 2.24) is 3.12 Å². The number of hydrogen-bond acceptors (Lipinski definition) is 1. The fourth-order valence-electron chi connectivity index (χ4n) is 3.43. The third kappa shape index (κ3) is 6.52. The monoisotopic (exact) mass is 423 g/mol. The molecule has 0 radical (unpaired) electrons. The Morgan fingerprint density at radius 3 is 1.83 bits per heavy atom. The van der Waals surface area contributed by atoms with Gasteiger partial charge in [-0.15, -0.1) is 0 Å². The molecule has 0 aromatic heterocycles. The molecule has 0 unspecified atom stereocenters. The van der Waals surface area contributed by atoms with E-state index in [1.165, 1.54) is 57.1 Å². The van der Waals surface area contributed by atoms with Crippen LogP contribution in [-0.4, -0.2) is 28.8 Å². The number of rotatable bonds is 11. The van der Waals surface area contributed by atoms with Gasteiger partial charge >= 0.3 is 149 Å². The van der Waals surface area contributed by atoms with E-state index in [4.69, 9.17) is 0 Å². The predicted octanol–water partition coefficient (Wildman–Crippen LogP) is 5.11. The molecule has 0 bridgehead atoms. The zero-order chi connectivity index (χ0) is 17.1. The van der Waals surface area contributed by atoms with Crippen molar-refractivity contribution in [3.05, 3.63) is 34.7 Å². The molecule has 2 heteroatoms. The SMILES string of the molecule is C=c1cccc/c1=C/[N](C)[Sn]([CH2]CCC)([CH2]CCC)[CH2]CCC. The molecule has 0 aliphatic heterocycles. The van der Waals surface area contributed by atoms with E-state index >= 15 is 0 Å². The molecule has 0 aliphatic rings. The third-order valence-corrected chi connectivity index (χ3v) is 20.8. The molecule has 0 saturated heterocycles. The summed E-state index contributed by atoms with van der Waals surface area (Å²) in [5.41, 5.74) is 0. The van der Waals surface area contributed by atoms with E-state index in [9.17, 15) is 0 Å². The summed E-state index contributed by atoms with van der Waals surface area (Å²) in [4.78, 5) is 0. The van der Waals surface area contributed by atoms with Crippen LogP contribution in [0.2, 0.25) is 13.3 Å². The molecule has 23 heavy (non-hydrogen) atoms. The first-order valence-electron chi connectivity index (χ1n) is 9.58. The van der Waals surface area contributed by atoms with E-state index in [1.54, 1.807) is 0 Å². The second kappa shape index (κ2) is 11.2. The topological polar surface area (TPSA) is 3.24 Å². The van der Waals surface area contributed by atoms with E-state index in [-0.39, 0.29) is 0 Å². The van der Waals surface area contributed by atoms with Crippen LogP contribution in [0.1, 0.15) is 59.3 Å². The normalized spacial score (nSPS) is 12.6. The van der Waals surface area contributed by atoms with Crippen LogP contribution in [-0.2, 0) is 0 Å². The molecule has 0 fully saturated rings. The molecule has 0 heterocycles. The van der Waals surface area contributed by atoms with Crippen molar-refractivity contribution >= 4 is 31.4 Å².